The Morgan fingerprint density at radius 1 is 1.03 bits per heavy atom. The molecule has 0 aliphatic heterocycles. The van der Waals surface area contributed by atoms with Crippen LogP contribution in [0, 0.1) is 0 Å². The van der Waals surface area contributed by atoms with Gasteiger partial charge >= 0.3 is 233 Å². The van der Waals surface area contributed by atoms with Gasteiger partial charge in [-0.05, 0) is 0 Å². The molecule has 2 aromatic heterocycles. The van der Waals surface area contributed by atoms with Gasteiger partial charge in [0.1, 0.15) is 0 Å². The summed E-state index contributed by atoms with van der Waals surface area (Å²) in [6.07, 6.45) is 15.9. The molecular weight excluding hydrogens is 539 g/mol. The first-order chi connectivity index (χ1) is 18.6. The Morgan fingerprint density at radius 3 is 2.63 bits per heavy atom. The van der Waals surface area contributed by atoms with Crippen LogP contribution >= 0.6 is 0 Å². The number of ether oxygens (including phenoxy) is 1. The number of nitrogens with zero attached hydrogens (tertiary/aromatic N) is 4. The van der Waals surface area contributed by atoms with E-state index in [1.165, 1.54) is 71.3 Å². The molecule has 2 aromatic carbocycles. The van der Waals surface area contributed by atoms with Gasteiger partial charge in [-0.25, -0.2) is 0 Å². The van der Waals surface area contributed by atoms with Crippen LogP contribution in [0.3, 0.4) is 0 Å². The van der Waals surface area contributed by atoms with Gasteiger partial charge in [0.2, 0.25) is 0 Å². The molecule has 2 heterocycles. The number of carbonyl (C=O) groups is 1. The monoisotopic (exact) mass is 575 g/mol. The van der Waals surface area contributed by atoms with Gasteiger partial charge in [0, 0.05) is 0 Å². The maximum absolute atomic E-state index is 12.3. The number of fused-ring (bicyclic) bond motifs is 2. The zero-order valence-electron chi connectivity index (χ0n) is 22.1. The summed E-state index contributed by atoms with van der Waals surface area (Å²) in [5.41, 5.74) is 7.21. The summed E-state index contributed by atoms with van der Waals surface area (Å²) in [7, 11) is 1.42. The van der Waals surface area contributed by atoms with E-state index in [0.29, 0.717) is 11.6 Å². The van der Waals surface area contributed by atoms with E-state index >= 15 is 0 Å². The van der Waals surface area contributed by atoms with E-state index in [4.69, 9.17) is 14.7 Å². The van der Waals surface area contributed by atoms with Gasteiger partial charge in [-0.2, -0.15) is 0 Å². The number of benzene rings is 2. The predicted molar refractivity (Wildman–Crippen MR) is 153 cm³/mol. The number of aryl methyl sites for hydroxylation is 1. The van der Waals surface area contributed by atoms with Crippen LogP contribution < -0.4 is 4.72 Å². The number of hydrogen-bond acceptors (Lipinski definition) is 4. The molecule has 2 aliphatic rings. The molecule has 7 heteroatoms. The average molecular weight is 575 g/mol. The molecule has 0 N–H and O–H groups in total. The average Bonchev–Trinajstić information content (AvgIpc) is 3.35. The first-order valence-corrected chi connectivity index (χ1v) is 14.9. The molecule has 0 spiro atoms. The van der Waals surface area contributed by atoms with Gasteiger partial charge in [-0.3, -0.25) is 0 Å². The molecule has 6 rings (SSSR count). The summed E-state index contributed by atoms with van der Waals surface area (Å²) < 4.78 is 10.8. The Morgan fingerprint density at radius 2 is 1.87 bits per heavy atom. The summed E-state index contributed by atoms with van der Waals surface area (Å²) >= 11 is 3.26. The molecule has 0 saturated heterocycles. The van der Waals surface area contributed by atoms with Crippen molar-refractivity contribution >= 4 is 48.8 Å². The first-order valence-electron chi connectivity index (χ1n) is 14.1. The van der Waals surface area contributed by atoms with Crippen molar-refractivity contribution in [1.82, 2.24) is 19.1 Å². The van der Waals surface area contributed by atoms with E-state index in [1.54, 1.807) is 5.57 Å². The Labute approximate surface area is 232 Å². The molecule has 2 aliphatic carbocycles. The second-order valence-electron chi connectivity index (χ2n) is 10.7. The zero-order valence-corrected chi connectivity index (χ0v) is 23.8. The van der Waals surface area contributed by atoms with Gasteiger partial charge in [0.15, 0.2) is 0 Å². The van der Waals surface area contributed by atoms with E-state index in [2.05, 4.69) is 49.4 Å². The number of methoxy groups -OCH3 is 1. The molecule has 0 bridgehead atoms. The normalized spacial score (nSPS) is 17.0. The Bertz CT molecular complexity index is 1510. The minimum absolute atomic E-state index is 0.338. The molecule has 4 aromatic rings. The molecule has 0 atom stereocenters. The molecule has 0 amide bonds. The summed E-state index contributed by atoms with van der Waals surface area (Å²) in [6.45, 7) is 0.855. The van der Waals surface area contributed by atoms with Gasteiger partial charge < -0.3 is 0 Å². The number of esters is 1. The summed E-state index contributed by atoms with van der Waals surface area (Å²) in [5, 5.41) is 0. The second-order valence-corrected chi connectivity index (χ2v) is 11.5. The van der Waals surface area contributed by atoms with Crippen LogP contribution in [-0.2, 0) is 11.3 Å². The molecular formula is C31H35N4O2Se. The van der Waals surface area contributed by atoms with Crippen molar-refractivity contribution in [2.75, 3.05) is 7.11 Å². The molecule has 1 saturated carbocycles. The quantitative estimate of drug-likeness (QED) is 0.115. The number of carbonyl (C=O) groups excluding carboxylic acids is 1. The summed E-state index contributed by atoms with van der Waals surface area (Å²) in [4.78, 5) is 22.4. The number of hydrogen-bond donors (Lipinski definition) is 0. The van der Waals surface area contributed by atoms with E-state index in [-0.39, 0.29) is 5.97 Å². The van der Waals surface area contributed by atoms with Gasteiger partial charge in [-0.15, -0.1) is 0 Å². The SMILES string of the molecule is COC(=O)c1ccc2c(c1)nc(-c1cccc3nc([Se])n(C4CCCCCC4)c13)n2CCC1=CCCCC1. The third kappa shape index (κ3) is 4.83. The second kappa shape index (κ2) is 11.1. The third-order valence-electron chi connectivity index (χ3n) is 8.32. The van der Waals surface area contributed by atoms with Crippen LogP contribution in [0.15, 0.2) is 48.0 Å². The fourth-order valence-corrected chi connectivity index (χ4v) is 7.07. The predicted octanol–water partition coefficient (Wildman–Crippen LogP) is 6.42. The molecule has 197 valence electrons. The van der Waals surface area contributed by atoms with Crippen molar-refractivity contribution in [2.24, 2.45) is 0 Å². The fraction of sp³-hybridized carbons (Fsp3) is 0.452. The van der Waals surface area contributed by atoms with Crippen LogP contribution in [0.4, 0.5) is 0 Å². The van der Waals surface area contributed by atoms with Gasteiger partial charge in [0.25, 0.3) is 0 Å². The molecule has 1 radical (unpaired) electrons. The van der Waals surface area contributed by atoms with E-state index in [0.717, 1.165) is 51.1 Å². The molecule has 0 unspecified atom stereocenters. The molecule has 38 heavy (non-hydrogen) atoms. The van der Waals surface area contributed by atoms with Crippen LogP contribution in [0.2, 0.25) is 0 Å². The number of allylic oxidation sites excluding steroid dienone is 2. The first kappa shape index (κ1) is 25.4. The van der Waals surface area contributed by atoms with Crippen LogP contribution in [0.1, 0.15) is 87.0 Å². The third-order valence-corrected chi connectivity index (χ3v) is 8.92. The van der Waals surface area contributed by atoms with Crippen molar-refractivity contribution in [3.05, 3.63) is 53.6 Å². The molecule has 6 nitrogen and oxygen atoms in total. The number of imidazole rings is 2. The van der Waals surface area contributed by atoms with Crippen LogP contribution in [0.25, 0.3) is 33.5 Å². The Hall–Kier alpha value is -2.89. The summed E-state index contributed by atoms with van der Waals surface area (Å²) in [5.74, 6) is 0.605. The van der Waals surface area contributed by atoms with Crippen molar-refractivity contribution in [2.45, 2.75) is 83.2 Å². The standard InChI is InChI=1S/C31H35N4O2Se/c1-37-30(36)22-16-17-27-26(20-22)32-29(34(27)19-18-21-10-5-4-6-11-21)24-14-9-15-25-28(24)35(31(38)33-25)23-12-7-2-3-8-13-23/h9-10,14-17,20,23H,2-8,11-13,18-19H2,1H3. The van der Waals surface area contributed by atoms with Crippen LogP contribution in [0.5, 0.6) is 0 Å². The van der Waals surface area contributed by atoms with Crippen molar-refractivity contribution in [1.29, 1.82) is 0 Å². The minimum atomic E-state index is -0.338. The van der Waals surface area contributed by atoms with E-state index < -0.39 is 0 Å². The van der Waals surface area contributed by atoms with Crippen molar-refractivity contribution < 1.29 is 9.53 Å². The Kier molecular flexibility index (Phi) is 7.40. The van der Waals surface area contributed by atoms with Crippen molar-refractivity contribution in [3.8, 4) is 11.4 Å². The maximum atomic E-state index is 12.3. The fourth-order valence-electron chi connectivity index (χ4n) is 6.36. The van der Waals surface area contributed by atoms with E-state index in [9.17, 15) is 4.79 Å². The zero-order chi connectivity index (χ0) is 26.1. The van der Waals surface area contributed by atoms with Gasteiger partial charge in [-0.1, -0.05) is 0 Å². The van der Waals surface area contributed by atoms with Crippen LogP contribution in [-0.4, -0.2) is 48.2 Å². The van der Waals surface area contributed by atoms with E-state index in [1.807, 2.05) is 18.2 Å². The number of aromatic nitrogens is 4. The molecule has 1 fully saturated rings. The topological polar surface area (TPSA) is 61.9 Å². The summed E-state index contributed by atoms with van der Waals surface area (Å²) in [6, 6.07) is 12.6. The number of rotatable bonds is 6. The van der Waals surface area contributed by atoms with Crippen molar-refractivity contribution in [3.63, 3.8) is 0 Å². The Balaban J connectivity index is 1.52. The number of para-hydroxylation sites is 1. The van der Waals surface area contributed by atoms with Gasteiger partial charge in [0.05, 0.1) is 0 Å².